The van der Waals surface area contributed by atoms with Gasteiger partial charge in [0.15, 0.2) is 0 Å². The summed E-state index contributed by atoms with van der Waals surface area (Å²) in [6.07, 6.45) is 7.01. The molecule has 0 spiro atoms. The number of rotatable bonds is 3. The van der Waals surface area contributed by atoms with Gasteiger partial charge in [-0.15, -0.1) is 0 Å². The highest BCUT2D eigenvalue weighted by Crippen LogP contribution is 2.37. The molecule has 1 aliphatic rings. The minimum absolute atomic E-state index is 0.117. The summed E-state index contributed by atoms with van der Waals surface area (Å²) in [5.74, 6) is -0.117. The zero-order valence-corrected chi connectivity index (χ0v) is 9.12. The molecule has 0 aliphatic heterocycles. The summed E-state index contributed by atoms with van der Waals surface area (Å²) in [7, 11) is 0. The third-order valence-corrected chi connectivity index (χ3v) is 3.22. The van der Waals surface area contributed by atoms with E-state index in [1.807, 2.05) is 18.5 Å². The van der Waals surface area contributed by atoms with Crippen molar-refractivity contribution in [1.29, 1.82) is 5.26 Å². The Labute approximate surface area is 94.7 Å². The Morgan fingerprint density at radius 2 is 2.31 bits per heavy atom. The van der Waals surface area contributed by atoms with E-state index in [0.717, 1.165) is 18.4 Å². The van der Waals surface area contributed by atoms with E-state index >= 15 is 0 Å². The molecular weight excluding hydrogens is 202 g/mol. The molecule has 2 rings (SSSR count). The first-order valence-electron chi connectivity index (χ1n) is 5.58. The molecule has 1 heterocycles. The van der Waals surface area contributed by atoms with Gasteiger partial charge >= 0.3 is 0 Å². The maximum Gasteiger partial charge on any atom is 0.240 e. The Kier molecular flexibility index (Phi) is 2.95. The number of hydrogen-bond donors (Lipinski definition) is 2. The molecule has 1 aromatic rings. The molecule has 2 N–H and O–H groups in total. The lowest BCUT2D eigenvalue weighted by Crippen LogP contribution is -2.37. The van der Waals surface area contributed by atoms with Crippen molar-refractivity contribution in [2.75, 3.05) is 0 Å². The number of carbonyl (C=O) groups is 1. The molecule has 16 heavy (non-hydrogen) atoms. The summed E-state index contributed by atoms with van der Waals surface area (Å²) in [5.41, 5.74) is 0.260. The van der Waals surface area contributed by atoms with Gasteiger partial charge in [0.1, 0.15) is 5.41 Å². The summed E-state index contributed by atoms with van der Waals surface area (Å²) in [6.45, 7) is 0.492. The maximum atomic E-state index is 11.9. The maximum absolute atomic E-state index is 11.9. The molecule has 1 aliphatic carbocycles. The largest absolute Gasteiger partial charge is 0.367 e. The van der Waals surface area contributed by atoms with Crippen molar-refractivity contribution >= 4 is 5.91 Å². The summed E-state index contributed by atoms with van der Waals surface area (Å²) in [6, 6.07) is 4.10. The Morgan fingerprint density at radius 1 is 1.56 bits per heavy atom. The lowest BCUT2D eigenvalue weighted by molar-refractivity contribution is -0.128. The van der Waals surface area contributed by atoms with Gasteiger partial charge in [0.05, 0.1) is 6.07 Å². The number of carbonyl (C=O) groups excluding carboxylic acids is 1. The highest BCUT2D eigenvalue weighted by atomic mass is 16.2. The number of aromatic nitrogens is 1. The van der Waals surface area contributed by atoms with Crippen LogP contribution in [-0.2, 0) is 11.3 Å². The van der Waals surface area contributed by atoms with Crippen LogP contribution in [0.2, 0.25) is 0 Å². The van der Waals surface area contributed by atoms with Gasteiger partial charge < -0.3 is 10.3 Å². The third-order valence-electron chi connectivity index (χ3n) is 3.22. The third kappa shape index (κ3) is 1.94. The van der Waals surface area contributed by atoms with Crippen molar-refractivity contribution in [3.63, 3.8) is 0 Å². The van der Waals surface area contributed by atoms with Crippen LogP contribution in [0.1, 0.15) is 31.2 Å². The predicted octanol–water partition coefficient (Wildman–Crippen LogP) is 1.71. The molecule has 0 radical (unpaired) electrons. The number of nitrogens with one attached hydrogen (secondary N) is 2. The van der Waals surface area contributed by atoms with Crippen molar-refractivity contribution in [3.05, 3.63) is 24.0 Å². The second-order valence-electron chi connectivity index (χ2n) is 4.30. The van der Waals surface area contributed by atoms with Gasteiger partial charge in [-0.25, -0.2) is 0 Å². The van der Waals surface area contributed by atoms with E-state index in [4.69, 9.17) is 5.26 Å². The quantitative estimate of drug-likeness (QED) is 0.809. The predicted molar refractivity (Wildman–Crippen MR) is 59.2 cm³/mol. The minimum atomic E-state index is -0.768. The molecule has 4 nitrogen and oxygen atoms in total. The molecule has 1 fully saturated rings. The second kappa shape index (κ2) is 4.40. The SMILES string of the molecule is N#CC1(C(=O)NCc2cc[nH]c2)CCCC1. The highest BCUT2D eigenvalue weighted by Gasteiger charge is 2.41. The van der Waals surface area contributed by atoms with Gasteiger partial charge in [0.2, 0.25) is 5.91 Å². The van der Waals surface area contributed by atoms with Crippen molar-refractivity contribution in [2.45, 2.75) is 32.2 Å². The molecule has 0 unspecified atom stereocenters. The van der Waals surface area contributed by atoms with Crippen LogP contribution in [0.25, 0.3) is 0 Å². The lowest BCUT2D eigenvalue weighted by Gasteiger charge is -2.18. The van der Waals surface area contributed by atoms with E-state index in [2.05, 4.69) is 16.4 Å². The standard InChI is InChI=1S/C12H15N3O/c13-9-12(4-1-2-5-12)11(16)15-8-10-3-6-14-7-10/h3,6-7,14H,1-2,4-5,8H2,(H,15,16). The summed E-state index contributed by atoms with van der Waals surface area (Å²) >= 11 is 0. The molecule has 1 aromatic heterocycles. The zero-order chi connectivity index (χ0) is 11.4. The Balaban J connectivity index is 1.95. The number of nitrogens with zero attached hydrogens (tertiary/aromatic N) is 1. The Hall–Kier alpha value is -1.76. The van der Waals surface area contributed by atoms with E-state index in [0.29, 0.717) is 19.4 Å². The van der Waals surface area contributed by atoms with Gasteiger partial charge in [-0.3, -0.25) is 4.79 Å². The highest BCUT2D eigenvalue weighted by molar-refractivity contribution is 5.85. The smallest absolute Gasteiger partial charge is 0.240 e. The van der Waals surface area contributed by atoms with Crippen LogP contribution in [0.15, 0.2) is 18.5 Å². The van der Waals surface area contributed by atoms with Crippen molar-refractivity contribution in [1.82, 2.24) is 10.3 Å². The summed E-state index contributed by atoms with van der Waals surface area (Å²) in [5, 5.41) is 12.0. The lowest BCUT2D eigenvalue weighted by atomic mass is 9.87. The number of hydrogen-bond acceptors (Lipinski definition) is 2. The van der Waals surface area contributed by atoms with Gasteiger partial charge in [-0.1, -0.05) is 12.8 Å². The van der Waals surface area contributed by atoms with E-state index in [-0.39, 0.29) is 5.91 Å². The second-order valence-corrected chi connectivity index (χ2v) is 4.30. The van der Waals surface area contributed by atoms with E-state index < -0.39 is 5.41 Å². The van der Waals surface area contributed by atoms with Gasteiger partial charge in [-0.2, -0.15) is 5.26 Å². The summed E-state index contributed by atoms with van der Waals surface area (Å²) in [4.78, 5) is 14.9. The molecule has 0 atom stereocenters. The van der Waals surface area contributed by atoms with E-state index in [1.54, 1.807) is 0 Å². The van der Waals surface area contributed by atoms with Crippen LogP contribution >= 0.6 is 0 Å². The average Bonchev–Trinajstić information content (AvgIpc) is 2.97. The normalized spacial score (nSPS) is 17.9. The number of H-pyrrole nitrogens is 1. The topological polar surface area (TPSA) is 68.7 Å². The van der Waals surface area contributed by atoms with Crippen molar-refractivity contribution in [3.8, 4) is 6.07 Å². The van der Waals surface area contributed by atoms with Crippen LogP contribution in [0.5, 0.6) is 0 Å². The van der Waals surface area contributed by atoms with Crippen LogP contribution in [0, 0.1) is 16.7 Å². The first-order valence-corrected chi connectivity index (χ1v) is 5.58. The average molecular weight is 217 g/mol. The minimum Gasteiger partial charge on any atom is -0.367 e. The van der Waals surface area contributed by atoms with Crippen LogP contribution in [-0.4, -0.2) is 10.9 Å². The van der Waals surface area contributed by atoms with Crippen molar-refractivity contribution in [2.24, 2.45) is 5.41 Å². The van der Waals surface area contributed by atoms with Crippen LogP contribution in [0.4, 0.5) is 0 Å². The Morgan fingerprint density at radius 3 is 2.88 bits per heavy atom. The van der Waals surface area contributed by atoms with Gasteiger partial charge in [0, 0.05) is 18.9 Å². The molecular formula is C12H15N3O. The van der Waals surface area contributed by atoms with Gasteiger partial charge in [0.25, 0.3) is 0 Å². The van der Waals surface area contributed by atoms with Crippen molar-refractivity contribution < 1.29 is 4.79 Å². The molecule has 0 bridgehead atoms. The van der Waals surface area contributed by atoms with Gasteiger partial charge in [-0.05, 0) is 24.5 Å². The molecule has 1 amide bonds. The van der Waals surface area contributed by atoms with Crippen LogP contribution in [0.3, 0.4) is 0 Å². The fraction of sp³-hybridized carbons (Fsp3) is 0.500. The zero-order valence-electron chi connectivity index (χ0n) is 9.12. The first-order chi connectivity index (χ1) is 7.77. The summed E-state index contributed by atoms with van der Waals surface area (Å²) < 4.78 is 0. The molecule has 0 aromatic carbocycles. The fourth-order valence-electron chi connectivity index (χ4n) is 2.19. The van der Waals surface area contributed by atoms with E-state index in [9.17, 15) is 4.79 Å². The van der Waals surface area contributed by atoms with Crippen LogP contribution < -0.4 is 5.32 Å². The monoisotopic (exact) mass is 217 g/mol. The van der Waals surface area contributed by atoms with E-state index in [1.165, 1.54) is 0 Å². The number of aromatic amines is 1. The molecule has 1 saturated carbocycles. The molecule has 4 heteroatoms. The molecule has 0 saturated heterocycles. The number of amides is 1. The fourth-order valence-corrected chi connectivity index (χ4v) is 2.19. The molecule has 84 valence electrons. The number of nitriles is 1. The first kappa shape index (κ1) is 10.7. The Bertz CT molecular complexity index is 396.